The molecule has 1 aliphatic rings. The Bertz CT molecular complexity index is 1440. The van der Waals surface area contributed by atoms with Gasteiger partial charge in [-0.1, -0.05) is 11.6 Å². The second kappa shape index (κ2) is 6.61. The molecule has 7 nitrogen and oxygen atoms in total. The minimum Gasteiger partial charge on any atom is -0.290 e. The summed E-state index contributed by atoms with van der Waals surface area (Å²) in [5, 5.41) is 4.38. The van der Waals surface area contributed by atoms with Crippen molar-refractivity contribution in [2.45, 2.75) is 23.7 Å². The Labute approximate surface area is 174 Å². The number of nitrogens with zero attached hydrogens (tertiary/aromatic N) is 4. The topological polar surface area (TPSA) is 85.6 Å². The van der Waals surface area contributed by atoms with Crippen molar-refractivity contribution in [3.8, 4) is 0 Å². The lowest BCUT2D eigenvalue weighted by Gasteiger charge is -2.17. The van der Waals surface area contributed by atoms with Crippen molar-refractivity contribution in [2.75, 3.05) is 5.75 Å². The van der Waals surface area contributed by atoms with Crippen LogP contribution in [0, 0.1) is 0 Å². The summed E-state index contributed by atoms with van der Waals surface area (Å²) >= 11 is 7.18. The van der Waals surface area contributed by atoms with E-state index in [1.54, 1.807) is 23.1 Å². The van der Waals surface area contributed by atoms with E-state index in [0.29, 0.717) is 11.7 Å². The van der Waals surface area contributed by atoms with Gasteiger partial charge in [0, 0.05) is 17.3 Å². The molecular formula is C18H11ClF3N5O2S. The van der Waals surface area contributed by atoms with Crippen LogP contribution in [0.25, 0.3) is 21.9 Å². The van der Waals surface area contributed by atoms with E-state index in [1.807, 2.05) is 6.07 Å². The van der Waals surface area contributed by atoms with Crippen molar-refractivity contribution in [1.82, 2.24) is 24.3 Å². The Morgan fingerprint density at radius 3 is 2.87 bits per heavy atom. The van der Waals surface area contributed by atoms with Crippen molar-refractivity contribution >= 4 is 45.3 Å². The summed E-state index contributed by atoms with van der Waals surface area (Å²) in [6.07, 6.45) is -1.51. The van der Waals surface area contributed by atoms with Gasteiger partial charge in [-0.25, -0.2) is 14.5 Å². The van der Waals surface area contributed by atoms with E-state index < -0.39 is 34.1 Å². The lowest BCUT2D eigenvalue weighted by atomic mass is 10.1. The number of pyridine rings is 1. The minimum absolute atomic E-state index is 0.0524. The zero-order chi connectivity index (χ0) is 21.2. The molecule has 0 saturated heterocycles. The van der Waals surface area contributed by atoms with E-state index >= 15 is 0 Å². The van der Waals surface area contributed by atoms with Gasteiger partial charge in [0.2, 0.25) is 0 Å². The summed E-state index contributed by atoms with van der Waals surface area (Å²) in [7, 11) is 0. The summed E-state index contributed by atoms with van der Waals surface area (Å²) in [5.41, 5.74) is -2.04. The second-order valence-corrected chi connectivity index (χ2v) is 8.21. The number of halogens is 4. The molecule has 1 aromatic carbocycles. The summed E-state index contributed by atoms with van der Waals surface area (Å²) in [4.78, 5) is 31.4. The predicted molar refractivity (Wildman–Crippen MR) is 106 cm³/mol. The SMILES string of the molecule is O=c1[nH]c(=O)n2c3c(c(Cl)c(C(F)(F)F)cc13)SC[C@@H](n1ncc3cccnc31)C2. The zero-order valence-electron chi connectivity index (χ0n) is 14.9. The number of H-pyrrole nitrogens is 1. The smallest absolute Gasteiger partial charge is 0.290 e. The van der Waals surface area contributed by atoms with Gasteiger partial charge < -0.3 is 0 Å². The Hall–Kier alpha value is -2.79. The zero-order valence-corrected chi connectivity index (χ0v) is 16.5. The molecule has 0 radical (unpaired) electrons. The third kappa shape index (κ3) is 2.83. The second-order valence-electron chi connectivity index (χ2n) is 6.80. The largest absolute Gasteiger partial charge is 0.417 e. The molecule has 30 heavy (non-hydrogen) atoms. The van der Waals surface area contributed by atoms with Crippen LogP contribution in [0.5, 0.6) is 0 Å². The van der Waals surface area contributed by atoms with Crippen LogP contribution >= 0.6 is 23.4 Å². The molecule has 0 amide bonds. The maximum Gasteiger partial charge on any atom is 0.417 e. The Kier molecular flexibility index (Phi) is 4.23. The fraction of sp³-hybridized carbons (Fsp3) is 0.222. The van der Waals surface area contributed by atoms with Gasteiger partial charge in [0.25, 0.3) is 5.56 Å². The number of aromatic nitrogens is 5. The van der Waals surface area contributed by atoms with E-state index in [2.05, 4.69) is 15.1 Å². The molecular weight excluding hydrogens is 443 g/mol. The summed E-state index contributed by atoms with van der Waals surface area (Å²) in [6.45, 7) is 0.0845. The highest BCUT2D eigenvalue weighted by Crippen LogP contribution is 2.45. The van der Waals surface area contributed by atoms with Crippen molar-refractivity contribution in [3.63, 3.8) is 0 Å². The Morgan fingerprint density at radius 2 is 2.10 bits per heavy atom. The fourth-order valence-corrected chi connectivity index (χ4v) is 5.26. The molecule has 4 aromatic rings. The monoisotopic (exact) mass is 453 g/mol. The standard InChI is InChI=1S/C18H11ClF3N5O2S/c19-12-11(18(20,21)22)4-10-13-14(12)30-7-9(6-26(13)17(29)25-16(10)28)27-15-8(5-24-27)2-1-3-23-15/h1-5,9H,6-7H2,(H,25,28,29)/t9-/m0/s1. The molecule has 1 N–H and O–H groups in total. The maximum atomic E-state index is 13.5. The highest BCUT2D eigenvalue weighted by molar-refractivity contribution is 7.99. The molecule has 0 aliphatic carbocycles. The number of thioether (sulfide) groups is 1. The maximum absolute atomic E-state index is 13.5. The molecule has 0 fully saturated rings. The van der Waals surface area contributed by atoms with Crippen molar-refractivity contribution in [2.24, 2.45) is 0 Å². The van der Waals surface area contributed by atoms with Gasteiger partial charge in [-0.2, -0.15) is 18.3 Å². The highest BCUT2D eigenvalue weighted by atomic mass is 35.5. The van der Waals surface area contributed by atoms with Gasteiger partial charge >= 0.3 is 11.9 Å². The number of fused-ring (bicyclic) bond motifs is 1. The average Bonchev–Trinajstić information content (AvgIpc) is 3.00. The number of hydrogen-bond acceptors (Lipinski definition) is 5. The fourth-order valence-electron chi connectivity index (χ4n) is 3.65. The molecule has 3 aromatic heterocycles. The van der Waals surface area contributed by atoms with E-state index in [4.69, 9.17) is 11.6 Å². The van der Waals surface area contributed by atoms with Gasteiger partial charge in [-0.3, -0.25) is 14.3 Å². The molecule has 0 spiro atoms. The summed E-state index contributed by atoms with van der Waals surface area (Å²) < 4.78 is 43.4. The predicted octanol–water partition coefficient (Wildman–Crippen LogP) is 3.45. The normalized spacial score (nSPS) is 16.9. The van der Waals surface area contributed by atoms with Crippen LogP contribution < -0.4 is 11.2 Å². The first-order valence-corrected chi connectivity index (χ1v) is 10.1. The van der Waals surface area contributed by atoms with Crippen molar-refractivity contribution in [3.05, 3.63) is 62.0 Å². The molecule has 0 bridgehead atoms. The number of benzene rings is 1. The number of rotatable bonds is 1. The van der Waals surface area contributed by atoms with Gasteiger partial charge in [-0.05, 0) is 18.2 Å². The van der Waals surface area contributed by atoms with E-state index in [1.165, 1.54) is 4.57 Å². The first-order valence-electron chi connectivity index (χ1n) is 8.73. The van der Waals surface area contributed by atoms with Crippen LogP contribution in [0.2, 0.25) is 5.02 Å². The van der Waals surface area contributed by atoms with Crippen molar-refractivity contribution < 1.29 is 13.2 Å². The number of aromatic amines is 1. The molecule has 1 aliphatic heterocycles. The number of nitrogens with one attached hydrogen (secondary N) is 1. The quantitative estimate of drug-likeness (QED) is 0.477. The number of alkyl halides is 3. The Morgan fingerprint density at radius 1 is 1.30 bits per heavy atom. The molecule has 12 heteroatoms. The third-order valence-corrected chi connectivity index (χ3v) is 6.74. The summed E-state index contributed by atoms with van der Waals surface area (Å²) in [5.74, 6) is 0.277. The average molecular weight is 454 g/mol. The van der Waals surface area contributed by atoms with Crippen molar-refractivity contribution in [1.29, 1.82) is 0 Å². The molecule has 1 atom stereocenters. The van der Waals surface area contributed by atoms with Crippen LogP contribution in [-0.2, 0) is 12.7 Å². The minimum atomic E-state index is -4.75. The van der Waals surface area contributed by atoms with E-state index in [9.17, 15) is 22.8 Å². The van der Waals surface area contributed by atoms with Crippen LogP contribution in [0.1, 0.15) is 11.6 Å². The third-order valence-electron chi connectivity index (χ3n) is 4.99. The molecule has 0 unspecified atom stereocenters. The van der Waals surface area contributed by atoms with Gasteiger partial charge in [0.1, 0.15) is 0 Å². The Balaban J connectivity index is 1.76. The first kappa shape index (κ1) is 19.2. The molecule has 5 rings (SSSR count). The first-order chi connectivity index (χ1) is 14.3. The molecule has 154 valence electrons. The van der Waals surface area contributed by atoms with Crippen LogP contribution in [0.15, 0.2) is 45.1 Å². The van der Waals surface area contributed by atoms with Gasteiger partial charge in [0.05, 0.1) is 45.2 Å². The van der Waals surface area contributed by atoms with Crippen LogP contribution in [0.4, 0.5) is 13.2 Å². The molecule has 0 saturated carbocycles. The van der Waals surface area contributed by atoms with Crippen LogP contribution in [0.3, 0.4) is 0 Å². The van der Waals surface area contributed by atoms with E-state index in [-0.39, 0.29) is 28.1 Å². The van der Waals surface area contributed by atoms with E-state index in [0.717, 1.165) is 17.1 Å². The summed E-state index contributed by atoms with van der Waals surface area (Å²) in [6, 6.07) is 3.88. The lowest BCUT2D eigenvalue weighted by Crippen LogP contribution is -2.33. The molecule has 4 heterocycles. The number of hydrogen-bond donors (Lipinski definition) is 1. The van der Waals surface area contributed by atoms with Gasteiger partial charge in [-0.15, -0.1) is 11.8 Å². The highest BCUT2D eigenvalue weighted by Gasteiger charge is 2.37. The lowest BCUT2D eigenvalue weighted by molar-refractivity contribution is -0.137. The van der Waals surface area contributed by atoms with Gasteiger partial charge in [0.15, 0.2) is 5.65 Å². The van der Waals surface area contributed by atoms with Crippen LogP contribution in [-0.4, -0.2) is 30.1 Å².